The number of methoxy groups -OCH3 is 2. The first-order valence-electron chi connectivity index (χ1n) is 6.07. The summed E-state index contributed by atoms with van der Waals surface area (Å²) < 4.78 is 41.9. The van der Waals surface area contributed by atoms with E-state index in [0.29, 0.717) is 5.76 Å². The standard InChI is InChI=1S/C13H13F2N3O4/c1-6-4-9(18-22-6)17-13(19)16-8-5-7(14)11(20-2)10(15)12(8)21-3/h4-5H,1-3H3,(H2,16,17,18,19). The van der Waals surface area contributed by atoms with Crippen molar-refractivity contribution >= 4 is 17.5 Å². The molecule has 1 aromatic carbocycles. The number of carbonyl (C=O) groups excluding carboxylic acids is 1. The van der Waals surface area contributed by atoms with Gasteiger partial charge in [-0.2, -0.15) is 4.39 Å². The smallest absolute Gasteiger partial charge is 0.325 e. The lowest BCUT2D eigenvalue weighted by Gasteiger charge is -2.13. The largest absolute Gasteiger partial charge is 0.491 e. The Bertz CT molecular complexity index is 703. The SMILES string of the molecule is COc1c(F)cc(NC(=O)Nc2cc(C)on2)c(OC)c1F. The molecule has 9 heteroatoms. The third-order valence-corrected chi connectivity index (χ3v) is 2.66. The van der Waals surface area contributed by atoms with Crippen molar-refractivity contribution in [3.63, 3.8) is 0 Å². The van der Waals surface area contributed by atoms with Gasteiger partial charge in [0.1, 0.15) is 5.76 Å². The van der Waals surface area contributed by atoms with Crippen LogP contribution in [-0.2, 0) is 0 Å². The molecule has 2 rings (SSSR count). The molecule has 2 amide bonds. The molecule has 2 aromatic rings. The van der Waals surface area contributed by atoms with Crippen LogP contribution in [0, 0.1) is 18.6 Å². The minimum Gasteiger partial charge on any atom is -0.491 e. The Kier molecular flexibility index (Phi) is 4.44. The van der Waals surface area contributed by atoms with Crippen LogP contribution in [0.3, 0.4) is 0 Å². The maximum atomic E-state index is 14.0. The summed E-state index contributed by atoms with van der Waals surface area (Å²) in [6.45, 7) is 1.65. The molecular weight excluding hydrogens is 300 g/mol. The van der Waals surface area contributed by atoms with Crippen molar-refractivity contribution in [1.29, 1.82) is 0 Å². The lowest BCUT2D eigenvalue weighted by molar-refractivity contribution is 0.261. The zero-order chi connectivity index (χ0) is 16.3. The summed E-state index contributed by atoms with van der Waals surface area (Å²) >= 11 is 0. The fourth-order valence-corrected chi connectivity index (χ4v) is 1.76. The number of halogens is 2. The summed E-state index contributed by atoms with van der Waals surface area (Å²) in [7, 11) is 2.30. The quantitative estimate of drug-likeness (QED) is 0.906. The van der Waals surface area contributed by atoms with E-state index >= 15 is 0 Å². The Morgan fingerprint density at radius 2 is 1.86 bits per heavy atom. The molecule has 0 saturated heterocycles. The van der Waals surface area contributed by atoms with Gasteiger partial charge in [-0.3, -0.25) is 5.32 Å². The molecular formula is C13H13F2N3O4. The molecule has 7 nitrogen and oxygen atoms in total. The van der Waals surface area contributed by atoms with E-state index < -0.39 is 23.4 Å². The van der Waals surface area contributed by atoms with Gasteiger partial charge in [-0.05, 0) is 6.92 Å². The van der Waals surface area contributed by atoms with Gasteiger partial charge >= 0.3 is 6.03 Å². The van der Waals surface area contributed by atoms with E-state index in [0.717, 1.165) is 13.2 Å². The molecule has 22 heavy (non-hydrogen) atoms. The van der Waals surface area contributed by atoms with E-state index in [2.05, 4.69) is 20.5 Å². The molecule has 1 heterocycles. The highest BCUT2D eigenvalue weighted by atomic mass is 19.1. The molecule has 1 aromatic heterocycles. The van der Waals surface area contributed by atoms with Crippen LogP contribution in [-0.4, -0.2) is 25.4 Å². The van der Waals surface area contributed by atoms with E-state index in [-0.39, 0.29) is 17.3 Å². The predicted octanol–water partition coefficient (Wildman–Crippen LogP) is 2.92. The molecule has 0 bridgehead atoms. The van der Waals surface area contributed by atoms with E-state index in [1.165, 1.54) is 13.2 Å². The number of urea groups is 1. The van der Waals surface area contributed by atoms with E-state index in [9.17, 15) is 13.6 Å². The van der Waals surface area contributed by atoms with Crippen molar-refractivity contribution in [1.82, 2.24) is 5.16 Å². The number of hydrogen-bond acceptors (Lipinski definition) is 5. The van der Waals surface area contributed by atoms with Crippen molar-refractivity contribution < 1.29 is 27.6 Å². The Hall–Kier alpha value is -2.84. The van der Waals surface area contributed by atoms with Crippen molar-refractivity contribution in [3.8, 4) is 11.5 Å². The van der Waals surface area contributed by atoms with Crippen molar-refractivity contribution in [2.75, 3.05) is 24.9 Å². The number of hydrogen-bond donors (Lipinski definition) is 2. The van der Waals surface area contributed by atoms with Gasteiger partial charge in [-0.15, -0.1) is 0 Å². The number of aromatic nitrogens is 1. The summed E-state index contributed by atoms with van der Waals surface area (Å²) in [5.41, 5.74) is -0.198. The molecule has 0 radical (unpaired) electrons. The molecule has 0 aliphatic heterocycles. The maximum Gasteiger partial charge on any atom is 0.325 e. The Balaban J connectivity index is 2.23. The summed E-state index contributed by atoms with van der Waals surface area (Å²) in [6, 6.07) is 1.59. The van der Waals surface area contributed by atoms with Gasteiger partial charge in [0.15, 0.2) is 23.1 Å². The average molecular weight is 313 g/mol. The number of carbonyl (C=O) groups is 1. The Morgan fingerprint density at radius 3 is 2.41 bits per heavy atom. The summed E-state index contributed by atoms with van der Waals surface area (Å²) in [6.07, 6.45) is 0. The number of amides is 2. The summed E-state index contributed by atoms with van der Waals surface area (Å²) in [4.78, 5) is 11.8. The van der Waals surface area contributed by atoms with Crippen molar-refractivity contribution in [2.24, 2.45) is 0 Å². The number of rotatable bonds is 4. The van der Waals surface area contributed by atoms with Crippen LogP contribution in [0.4, 0.5) is 25.1 Å². The van der Waals surface area contributed by atoms with Gasteiger partial charge in [0.25, 0.3) is 0 Å². The number of ether oxygens (including phenoxy) is 2. The first kappa shape index (κ1) is 15.5. The highest BCUT2D eigenvalue weighted by molar-refractivity contribution is 6.00. The van der Waals surface area contributed by atoms with Gasteiger partial charge in [-0.1, -0.05) is 5.16 Å². The first-order valence-corrected chi connectivity index (χ1v) is 6.07. The molecule has 0 unspecified atom stereocenters. The zero-order valence-corrected chi connectivity index (χ0v) is 12.0. The topological polar surface area (TPSA) is 85.6 Å². The van der Waals surface area contributed by atoms with Crippen LogP contribution >= 0.6 is 0 Å². The second kappa shape index (κ2) is 6.29. The van der Waals surface area contributed by atoms with Crippen LogP contribution in [0.15, 0.2) is 16.7 Å². The van der Waals surface area contributed by atoms with E-state index in [1.54, 1.807) is 6.92 Å². The molecule has 118 valence electrons. The van der Waals surface area contributed by atoms with Gasteiger partial charge in [-0.25, -0.2) is 9.18 Å². The third-order valence-electron chi connectivity index (χ3n) is 2.66. The molecule has 0 saturated carbocycles. The Morgan fingerprint density at radius 1 is 1.18 bits per heavy atom. The molecule has 0 fully saturated rings. The van der Waals surface area contributed by atoms with Gasteiger partial charge in [0, 0.05) is 12.1 Å². The summed E-state index contributed by atoms with van der Waals surface area (Å²) in [5, 5.41) is 8.16. The predicted molar refractivity (Wildman–Crippen MR) is 73.3 cm³/mol. The minimum absolute atomic E-state index is 0.156. The number of aryl methyl sites for hydroxylation is 1. The normalized spacial score (nSPS) is 10.2. The van der Waals surface area contributed by atoms with Crippen LogP contribution in [0.1, 0.15) is 5.76 Å². The molecule has 0 spiro atoms. The van der Waals surface area contributed by atoms with Crippen LogP contribution in [0.2, 0.25) is 0 Å². The highest BCUT2D eigenvalue weighted by Gasteiger charge is 2.21. The number of anilines is 2. The molecule has 0 aliphatic carbocycles. The highest BCUT2D eigenvalue weighted by Crippen LogP contribution is 2.36. The third kappa shape index (κ3) is 3.08. The monoisotopic (exact) mass is 313 g/mol. The lowest BCUT2D eigenvalue weighted by Crippen LogP contribution is -2.20. The van der Waals surface area contributed by atoms with Gasteiger partial charge in [0.05, 0.1) is 19.9 Å². The second-order valence-electron chi connectivity index (χ2n) is 4.19. The van der Waals surface area contributed by atoms with Crippen LogP contribution in [0.25, 0.3) is 0 Å². The number of benzene rings is 1. The fourth-order valence-electron chi connectivity index (χ4n) is 1.76. The van der Waals surface area contributed by atoms with Gasteiger partial charge < -0.3 is 19.3 Å². The number of nitrogens with zero attached hydrogens (tertiary/aromatic N) is 1. The molecule has 0 aliphatic rings. The van der Waals surface area contributed by atoms with Crippen LogP contribution < -0.4 is 20.1 Å². The Labute approximate surface area is 124 Å². The lowest BCUT2D eigenvalue weighted by atomic mass is 10.2. The van der Waals surface area contributed by atoms with E-state index in [1.807, 2.05) is 0 Å². The maximum absolute atomic E-state index is 14.0. The van der Waals surface area contributed by atoms with Crippen molar-refractivity contribution in [3.05, 3.63) is 29.5 Å². The average Bonchev–Trinajstić information content (AvgIpc) is 2.84. The van der Waals surface area contributed by atoms with Crippen LogP contribution in [0.5, 0.6) is 11.5 Å². The van der Waals surface area contributed by atoms with E-state index in [4.69, 9.17) is 9.26 Å². The fraction of sp³-hybridized carbons (Fsp3) is 0.231. The molecule has 2 N–H and O–H groups in total. The molecule has 0 atom stereocenters. The van der Waals surface area contributed by atoms with Gasteiger partial charge in [0.2, 0.25) is 5.82 Å². The van der Waals surface area contributed by atoms with Crippen molar-refractivity contribution in [2.45, 2.75) is 6.92 Å². The zero-order valence-electron chi connectivity index (χ0n) is 12.0. The number of nitrogens with one attached hydrogen (secondary N) is 2. The summed E-state index contributed by atoms with van der Waals surface area (Å²) in [5.74, 6) is -2.34. The minimum atomic E-state index is -1.06. The first-order chi connectivity index (χ1) is 10.5. The second-order valence-corrected chi connectivity index (χ2v) is 4.19.